The van der Waals surface area contributed by atoms with Crippen LogP contribution in [0.4, 0.5) is 10.1 Å². The van der Waals surface area contributed by atoms with Crippen molar-refractivity contribution >= 4 is 17.6 Å². The molecular formula is C22H31FN4O3. The molecule has 1 aromatic carbocycles. The predicted octanol–water partition coefficient (Wildman–Crippen LogP) is 2.45. The number of hydrazine groups is 1. The molecule has 0 unspecified atom stereocenters. The fourth-order valence-corrected chi connectivity index (χ4v) is 3.25. The monoisotopic (exact) mass is 418 g/mol. The molecule has 2 rings (SSSR count). The van der Waals surface area contributed by atoms with E-state index in [0.717, 1.165) is 12.1 Å². The van der Waals surface area contributed by atoms with E-state index in [-0.39, 0.29) is 30.4 Å². The number of anilines is 1. The Labute approximate surface area is 177 Å². The Balaban J connectivity index is 1.92. The number of carbonyl (C=O) groups is 2. The summed E-state index contributed by atoms with van der Waals surface area (Å²) in [6, 6.07) is 6.36. The number of hydrogen-bond acceptors (Lipinski definition) is 6. The van der Waals surface area contributed by atoms with Gasteiger partial charge in [-0.1, -0.05) is 19.9 Å². The van der Waals surface area contributed by atoms with Crippen LogP contribution in [0.3, 0.4) is 0 Å². The largest absolute Gasteiger partial charge is 0.462 e. The average molecular weight is 419 g/mol. The highest BCUT2D eigenvalue weighted by atomic mass is 19.1. The number of piperazine rings is 1. The molecule has 1 fully saturated rings. The maximum Gasteiger partial charge on any atom is 0.337 e. The number of halogens is 1. The normalized spacial score (nSPS) is 14.5. The molecule has 1 aromatic rings. The second kappa shape index (κ2) is 11.3. The van der Waals surface area contributed by atoms with Crippen LogP contribution in [0.1, 0.15) is 26.7 Å². The molecule has 1 saturated heterocycles. The number of nitrogens with zero attached hydrogens (tertiary/aromatic N) is 3. The summed E-state index contributed by atoms with van der Waals surface area (Å²) in [6.07, 6.45) is 3.00. The van der Waals surface area contributed by atoms with E-state index in [0.29, 0.717) is 38.3 Å². The number of carbonyl (C=O) groups excluding carboxylic acids is 2. The van der Waals surface area contributed by atoms with E-state index in [9.17, 15) is 14.0 Å². The number of allylic oxidation sites excluding steroid dienone is 1. The Morgan fingerprint density at radius 3 is 2.40 bits per heavy atom. The van der Waals surface area contributed by atoms with E-state index < -0.39 is 5.97 Å². The molecule has 164 valence electrons. The van der Waals surface area contributed by atoms with Gasteiger partial charge in [-0.05, 0) is 43.7 Å². The van der Waals surface area contributed by atoms with Crippen molar-refractivity contribution in [1.29, 1.82) is 0 Å². The topological polar surface area (TPSA) is 79.1 Å². The minimum Gasteiger partial charge on any atom is -0.462 e. The first-order valence-electron chi connectivity index (χ1n) is 10.2. The van der Waals surface area contributed by atoms with Gasteiger partial charge in [0.1, 0.15) is 12.4 Å². The first-order valence-corrected chi connectivity index (χ1v) is 10.2. The maximum absolute atomic E-state index is 13.1. The van der Waals surface area contributed by atoms with Crippen LogP contribution in [0.5, 0.6) is 0 Å². The highest BCUT2D eigenvalue weighted by Crippen LogP contribution is 2.17. The van der Waals surface area contributed by atoms with Gasteiger partial charge in [0, 0.05) is 37.6 Å². The number of benzene rings is 1. The smallest absolute Gasteiger partial charge is 0.337 e. The van der Waals surface area contributed by atoms with Gasteiger partial charge in [-0.25, -0.2) is 15.0 Å². The molecule has 30 heavy (non-hydrogen) atoms. The minimum absolute atomic E-state index is 0.0124. The van der Waals surface area contributed by atoms with Crippen LogP contribution in [0.2, 0.25) is 0 Å². The first-order chi connectivity index (χ1) is 14.3. The van der Waals surface area contributed by atoms with Crippen molar-refractivity contribution < 1.29 is 18.7 Å². The highest BCUT2D eigenvalue weighted by molar-refractivity contribution is 5.91. The van der Waals surface area contributed by atoms with Gasteiger partial charge in [-0.3, -0.25) is 4.79 Å². The Bertz CT molecular complexity index is 771. The molecule has 2 N–H and O–H groups in total. The zero-order valence-electron chi connectivity index (χ0n) is 17.8. The van der Waals surface area contributed by atoms with E-state index in [4.69, 9.17) is 10.6 Å². The molecular weight excluding hydrogens is 387 g/mol. The van der Waals surface area contributed by atoms with Crippen LogP contribution in [0.15, 0.2) is 48.2 Å². The molecule has 0 bridgehead atoms. The minimum atomic E-state index is -0.497. The van der Waals surface area contributed by atoms with Crippen LogP contribution in [0, 0.1) is 5.82 Å². The van der Waals surface area contributed by atoms with Crippen molar-refractivity contribution in [3.8, 4) is 0 Å². The molecule has 0 atom stereocenters. The van der Waals surface area contributed by atoms with E-state index in [2.05, 4.69) is 11.5 Å². The van der Waals surface area contributed by atoms with Crippen molar-refractivity contribution in [3.05, 3.63) is 54.0 Å². The molecule has 0 saturated carbocycles. The zero-order valence-corrected chi connectivity index (χ0v) is 17.8. The molecule has 0 spiro atoms. The van der Waals surface area contributed by atoms with Gasteiger partial charge < -0.3 is 19.5 Å². The van der Waals surface area contributed by atoms with Gasteiger partial charge >= 0.3 is 5.97 Å². The van der Waals surface area contributed by atoms with Crippen LogP contribution in [0.25, 0.3) is 0 Å². The lowest BCUT2D eigenvalue weighted by molar-refractivity contribution is -0.138. The summed E-state index contributed by atoms with van der Waals surface area (Å²) in [5.74, 6) is 5.30. The molecule has 1 aliphatic rings. The van der Waals surface area contributed by atoms with Crippen LogP contribution in [-0.2, 0) is 14.3 Å². The molecule has 7 nitrogen and oxygen atoms in total. The summed E-state index contributed by atoms with van der Waals surface area (Å²) in [5.41, 5.74) is 1.81. The standard InChI is InChI=1S/C22H31FN4O3/c1-4-6-20(15-17(3)22(29)30-5-2)27(24)16-21(28)26-13-11-25(12-14-26)19-9-7-18(23)8-10-19/h7-10,15H,3-6,11-14,16,24H2,1-2H3/b20-15-. The van der Waals surface area contributed by atoms with Crippen molar-refractivity contribution in [2.75, 3.05) is 44.2 Å². The molecule has 0 aromatic heterocycles. The van der Waals surface area contributed by atoms with Gasteiger partial charge in [0.05, 0.1) is 12.2 Å². The summed E-state index contributed by atoms with van der Waals surface area (Å²) in [5, 5.41) is 1.38. The summed E-state index contributed by atoms with van der Waals surface area (Å²) in [4.78, 5) is 28.4. The summed E-state index contributed by atoms with van der Waals surface area (Å²) in [6.45, 7) is 10.2. The Morgan fingerprint density at radius 2 is 1.83 bits per heavy atom. The van der Waals surface area contributed by atoms with Gasteiger partial charge in [-0.15, -0.1) is 0 Å². The number of ether oxygens (including phenoxy) is 1. The van der Waals surface area contributed by atoms with E-state index in [1.165, 1.54) is 17.1 Å². The summed E-state index contributed by atoms with van der Waals surface area (Å²) >= 11 is 0. The molecule has 8 heteroatoms. The van der Waals surface area contributed by atoms with Crippen molar-refractivity contribution in [2.45, 2.75) is 26.7 Å². The quantitative estimate of drug-likeness (QED) is 0.218. The van der Waals surface area contributed by atoms with E-state index in [1.54, 1.807) is 30.0 Å². The van der Waals surface area contributed by atoms with Gasteiger partial charge in [0.15, 0.2) is 0 Å². The number of esters is 1. The number of hydrogen-bond donors (Lipinski definition) is 1. The second-order valence-electron chi connectivity index (χ2n) is 7.10. The Kier molecular flexibility index (Phi) is 8.86. The summed E-state index contributed by atoms with van der Waals surface area (Å²) in [7, 11) is 0. The molecule has 1 amide bonds. The molecule has 0 radical (unpaired) electrons. The number of rotatable bonds is 9. The van der Waals surface area contributed by atoms with Crippen molar-refractivity contribution in [2.24, 2.45) is 5.84 Å². The lowest BCUT2D eigenvalue weighted by Gasteiger charge is -2.37. The third kappa shape index (κ3) is 6.59. The fourth-order valence-electron chi connectivity index (χ4n) is 3.25. The lowest BCUT2D eigenvalue weighted by Crippen LogP contribution is -2.52. The predicted molar refractivity (Wildman–Crippen MR) is 115 cm³/mol. The van der Waals surface area contributed by atoms with E-state index >= 15 is 0 Å². The van der Waals surface area contributed by atoms with Crippen LogP contribution in [-0.4, -0.2) is 61.1 Å². The fraction of sp³-hybridized carbons (Fsp3) is 0.455. The molecule has 1 aliphatic heterocycles. The van der Waals surface area contributed by atoms with Gasteiger partial charge in [0.2, 0.25) is 5.91 Å². The van der Waals surface area contributed by atoms with E-state index in [1.807, 2.05) is 6.92 Å². The number of amides is 1. The average Bonchev–Trinajstić information content (AvgIpc) is 2.74. The lowest BCUT2D eigenvalue weighted by atomic mass is 10.1. The molecule has 1 heterocycles. The second-order valence-corrected chi connectivity index (χ2v) is 7.10. The number of nitrogens with two attached hydrogens (primary N) is 1. The van der Waals surface area contributed by atoms with Crippen LogP contribution < -0.4 is 10.7 Å². The van der Waals surface area contributed by atoms with Crippen molar-refractivity contribution in [1.82, 2.24) is 9.91 Å². The first kappa shape index (κ1) is 23.4. The zero-order chi connectivity index (χ0) is 22.1. The SMILES string of the molecule is C=C(/C=C(/CCC)N(N)CC(=O)N1CCN(c2ccc(F)cc2)CC1)C(=O)OCC. The van der Waals surface area contributed by atoms with Crippen molar-refractivity contribution in [3.63, 3.8) is 0 Å². The van der Waals surface area contributed by atoms with Gasteiger partial charge in [-0.2, -0.15) is 0 Å². The van der Waals surface area contributed by atoms with Gasteiger partial charge in [0.25, 0.3) is 0 Å². The summed E-state index contributed by atoms with van der Waals surface area (Å²) < 4.78 is 18.1. The highest BCUT2D eigenvalue weighted by Gasteiger charge is 2.23. The third-order valence-corrected chi connectivity index (χ3v) is 4.88. The Morgan fingerprint density at radius 1 is 1.20 bits per heavy atom. The Hall–Kier alpha value is -2.87. The third-order valence-electron chi connectivity index (χ3n) is 4.88. The van der Waals surface area contributed by atoms with Crippen LogP contribution >= 0.6 is 0 Å². The maximum atomic E-state index is 13.1. The molecule has 0 aliphatic carbocycles.